The zero-order chi connectivity index (χ0) is 7.82. The SMILES string of the molecule is CC.CC1C=CC=CCC1. The minimum atomic E-state index is 0.782. The zero-order valence-corrected chi connectivity index (χ0v) is 7.30. The smallest absolute Gasteiger partial charge is 0.0256 e. The molecule has 10 heavy (non-hydrogen) atoms. The second-order valence-corrected chi connectivity index (χ2v) is 2.37. The third-order valence-corrected chi connectivity index (χ3v) is 1.48. The first kappa shape index (κ1) is 9.48. The van der Waals surface area contributed by atoms with Crippen LogP contribution >= 0.6 is 0 Å². The van der Waals surface area contributed by atoms with Gasteiger partial charge in [-0.3, -0.25) is 0 Å². The van der Waals surface area contributed by atoms with Crippen LogP contribution in [0.4, 0.5) is 0 Å². The number of hydrogen-bond donors (Lipinski definition) is 0. The highest BCUT2D eigenvalue weighted by atomic mass is 14.0. The molecule has 0 radical (unpaired) electrons. The van der Waals surface area contributed by atoms with E-state index < -0.39 is 0 Å². The molecule has 1 aliphatic rings. The van der Waals surface area contributed by atoms with Crippen molar-refractivity contribution >= 4 is 0 Å². The molecule has 1 unspecified atom stereocenters. The average molecular weight is 138 g/mol. The maximum Gasteiger partial charge on any atom is -0.0256 e. The summed E-state index contributed by atoms with van der Waals surface area (Å²) in [5, 5.41) is 0. The molecule has 0 aromatic carbocycles. The van der Waals surface area contributed by atoms with E-state index in [1.165, 1.54) is 12.8 Å². The molecule has 0 fully saturated rings. The lowest BCUT2D eigenvalue weighted by atomic mass is 10.1. The second-order valence-electron chi connectivity index (χ2n) is 2.37. The van der Waals surface area contributed by atoms with Gasteiger partial charge in [0.25, 0.3) is 0 Å². The minimum Gasteiger partial charge on any atom is -0.0845 e. The highest BCUT2D eigenvalue weighted by Crippen LogP contribution is 2.10. The summed E-state index contributed by atoms with van der Waals surface area (Å²) in [4.78, 5) is 0. The van der Waals surface area contributed by atoms with Crippen LogP contribution in [0.1, 0.15) is 33.6 Å². The number of hydrogen-bond acceptors (Lipinski definition) is 0. The van der Waals surface area contributed by atoms with E-state index in [0.29, 0.717) is 0 Å². The molecule has 0 aliphatic heterocycles. The van der Waals surface area contributed by atoms with E-state index in [0.717, 1.165) is 5.92 Å². The zero-order valence-electron chi connectivity index (χ0n) is 7.30. The molecule has 0 aromatic heterocycles. The largest absolute Gasteiger partial charge is 0.0845 e. The van der Waals surface area contributed by atoms with Gasteiger partial charge in [-0.05, 0) is 18.8 Å². The van der Waals surface area contributed by atoms with Crippen molar-refractivity contribution in [2.45, 2.75) is 33.6 Å². The maximum absolute atomic E-state index is 2.25. The minimum absolute atomic E-state index is 0.782. The van der Waals surface area contributed by atoms with Gasteiger partial charge in [0.15, 0.2) is 0 Å². The Kier molecular flexibility index (Phi) is 6.25. The molecule has 0 heterocycles. The van der Waals surface area contributed by atoms with Gasteiger partial charge in [-0.25, -0.2) is 0 Å². The topological polar surface area (TPSA) is 0 Å². The molecule has 1 atom stereocenters. The molecule has 0 saturated heterocycles. The fourth-order valence-corrected chi connectivity index (χ4v) is 0.884. The third kappa shape index (κ3) is 4.37. The second kappa shape index (κ2) is 6.60. The summed E-state index contributed by atoms with van der Waals surface area (Å²) >= 11 is 0. The van der Waals surface area contributed by atoms with Gasteiger partial charge in [0.2, 0.25) is 0 Å². The summed E-state index contributed by atoms with van der Waals surface area (Å²) in [7, 11) is 0. The normalized spacial score (nSPS) is 22.9. The van der Waals surface area contributed by atoms with Gasteiger partial charge in [-0.1, -0.05) is 45.1 Å². The summed E-state index contributed by atoms with van der Waals surface area (Å²) < 4.78 is 0. The molecule has 0 N–H and O–H groups in total. The van der Waals surface area contributed by atoms with Crippen LogP contribution in [0.25, 0.3) is 0 Å². The van der Waals surface area contributed by atoms with Crippen LogP contribution in [0.2, 0.25) is 0 Å². The van der Waals surface area contributed by atoms with Crippen molar-refractivity contribution in [1.82, 2.24) is 0 Å². The first-order valence-corrected chi connectivity index (χ1v) is 4.23. The molecular formula is C10H18. The van der Waals surface area contributed by atoms with Crippen LogP contribution in [0.5, 0.6) is 0 Å². The van der Waals surface area contributed by atoms with Crippen molar-refractivity contribution < 1.29 is 0 Å². The van der Waals surface area contributed by atoms with Crippen LogP contribution in [0.3, 0.4) is 0 Å². The van der Waals surface area contributed by atoms with E-state index >= 15 is 0 Å². The predicted molar refractivity (Wildman–Crippen MR) is 48.0 cm³/mol. The standard InChI is InChI=1S/C8H12.C2H6/c1-8-6-4-2-3-5-7-8;1-2/h2-4,6,8H,5,7H2,1H3;1-2H3. The van der Waals surface area contributed by atoms with Gasteiger partial charge in [0, 0.05) is 0 Å². The van der Waals surface area contributed by atoms with Crippen LogP contribution in [-0.4, -0.2) is 0 Å². The lowest BCUT2D eigenvalue weighted by Crippen LogP contribution is -1.84. The first-order valence-electron chi connectivity index (χ1n) is 4.23. The highest BCUT2D eigenvalue weighted by Gasteiger charge is 1.94. The highest BCUT2D eigenvalue weighted by molar-refractivity contribution is 5.06. The number of allylic oxidation sites excluding steroid dienone is 4. The lowest BCUT2D eigenvalue weighted by molar-refractivity contribution is 0.662. The van der Waals surface area contributed by atoms with E-state index in [1.54, 1.807) is 0 Å². The van der Waals surface area contributed by atoms with E-state index in [-0.39, 0.29) is 0 Å². The van der Waals surface area contributed by atoms with Crippen LogP contribution in [-0.2, 0) is 0 Å². The quantitative estimate of drug-likeness (QED) is 0.480. The van der Waals surface area contributed by atoms with E-state index in [4.69, 9.17) is 0 Å². The molecule has 0 saturated carbocycles. The van der Waals surface area contributed by atoms with E-state index in [1.807, 2.05) is 13.8 Å². The van der Waals surface area contributed by atoms with Crippen LogP contribution in [0.15, 0.2) is 24.3 Å². The molecule has 1 rings (SSSR count). The average Bonchev–Trinajstić information content (AvgIpc) is 2.21. The fourth-order valence-electron chi connectivity index (χ4n) is 0.884. The molecular weight excluding hydrogens is 120 g/mol. The van der Waals surface area contributed by atoms with Crippen molar-refractivity contribution in [2.24, 2.45) is 5.92 Å². The van der Waals surface area contributed by atoms with E-state index in [2.05, 4.69) is 31.2 Å². The van der Waals surface area contributed by atoms with Crippen LogP contribution in [0, 0.1) is 5.92 Å². The third-order valence-electron chi connectivity index (χ3n) is 1.48. The van der Waals surface area contributed by atoms with Gasteiger partial charge in [0.1, 0.15) is 0 Å². The molecule has 1 aliphatic carbocycles. The molecule has 58 valence electrons. The monoisotopic (exact) mass is 138 g/mol. The summed E-state index contributed by atoms with van der Waals surface area (Å²) in [5.41, 5.74) is 0. The van der Waals surface area contributed by atoms with Crippen molar-refractivity contribution in [3.63, 3.8) is 0 Å². The summed E-state index contributed by atoms with van der Waals surface area (Å²) in [6.07, 6.45) is 11.3. The number of rotatable bonds is 0. The first-order chi connectivity index (χ1) is 4.89. The lowest BCUT2D eigenvalue weighted by Gasteiger charge is -1.98. The maximum atomic E-state index is 2.25. The Labute approximate surface area is 64.6 Å². The summed E-state index contributed by atoms with van der Waals surface area (Å²) in [6.45, 7) is 6.25. The summed E-state index contributed by atoms with van der Waals surface area (Å²) in [5.74, 6) is 0.782. The van der Waals surface area contributed by atoms with Crippen molar-refractivity contribution in [3.05, 3.63) is 24.3 Å². The predicted octanol–water partition coefficient (Wildman–Crippen LogP) is 3.55. The Bertz CT molecular complexity index is 109. The van der Waals surface area contributed by atoms with Crippen molar-refractivity contribution in [3.8, 4) is 0 Å². The molecule has 0 amide bonds. The van der Waals surface area contributed by atoms with Crippen molar-refractivity contribution in [2.75, 3.05) is 0 Å². The van der Waals surface area contributed by atoms with Gasteiger partial charge in [-0.15, -0.1) is 0 Å². The molecule has 0 bridgehead atoms. The van der Waals surface area contributed by atoms with Gasteiger partial charge in [0.05, 0.1) is 0 Å². The summed E-state index contributed by atoms with van der Waals surface area (Å²) in [6, 6.07) is 0. The van der Waals surface area contributed by atoms with Gasteiger partial charge >= 0.3 is 0 Å². The molecule has 0 heteroatoms. The Morgan fingerprint density at radius 2 is 1.90 bits per heavy atom. The van der Waals surface area contributed by atoms with E-state index in [9.17, 15) is 0 Å². The molecule has 0 nitrogen and oxygen atoms in total. The van der Waals surface area contributed by atoms with Gasteiger partial charge in [-0.2, -0.15) is 0 Å². The van der Waals surface area contributed by atoms with Crippen LogP contribution < -0.4 is 0 Å². The Balaban J connectivity index is 0.000000371. The fraction of sp³-hybridized carbons (Fsp3) is 0.600. The Morgan fingerprint density at radius 1 is 1.20 bits per heavy atom. The Morgan fingerprint density at radius 3 is 2.60 bits per heavy atom. The van der Waals surface area contributed by atoms with Gasteiger partial charge < -0.3 is 0 Å². The Hall–Kier alpha value is -0.520. The van der Waals surface area contributed by atoms with Crippen molar-refractivity contribution in [1.29, 1.82) is 0 Å². The molecule has 0 aromatic rings. The molecule has 0 spiro atoms.